The number of hydrogen-bond donors (Lipinski definition) is 0. The first kappa shape index (κ1) is 16.3. The third-order valence-corrected chi connectivity index (χ3v) is 4.47. The average molecular weight is 318 g/mol. The molecule has 2 heteroatoms. The van der Waals surface area contributed by atoms with Gasteiger partial charge in [0.05, 0.1) is 7.11 Å². The highest BCUT2D eigenvalue weighted by molar-refractivity contribution is 6.17. The van der Waals surface area contributed by atoms with Crippen molar-refractivity contribution in [1.29, 1.82) is 0 Å². The second kappa shape index (κ2) is 6.48. The molecule has 0 N–H and O–H groups in total. The van der Waals surface area contributed by atoms with E-state index in [2.05, 4.69) is 13.8 Å². The van der Waals surface area contributed by atoms with Crippen molar-refractivity contribution >= 4 is 16.6 Å². The van der Waals surface area contributed by atoms with Crippen molar-refractivity contribution in [2.24, 2.45) is 0 Å². The molecule has 0 aliphatic carbocycles. The molecule has 122 valence electrons. The summed E-state index contributed by atoms with van der Waals surface area (Å²) >= 11 is 0. The Labute approximate surface area is 143 Å². The lowest BCUT2D eigenvalue weighted by Gasteiger charge is -2.16. The monoisotopic (exact) mass is 318 g/mol. The molecule has 0 spiro atoms. The first-order valence-electron chi connectivity index (χ1n) is 8.24. The average Bonchev–Trinajstić information content (AvgIpc) is 2.60. The molecule has 3 rings (SSSR count). The Bertz CT molecular complexity index is 902. The molecule has 3 aromatic rings. The third kappa shape index (κ3) is 2.80. The van der Waals surface area contributed by atoms with Gasteiger partial charge in [-0.05, 0) is 46.9 Å². The van der Waals surface area contributed by atoms with Gasteiger partial charge in [-0.3, -0.25) is 4.79 Å². The topological polar surface area (TPSA) is 26.3 Å². The summed E-state index contributed by atoms with van der Waals surface area (Å²) in [5.74, 6) is 1.14. The van der Waals surface area contributed by atoms with Gasteiger partial charge < -0.3 is 4.74 Å². The van der Waals surface area contributed by atoms with Crippen LogP contribution in [-0.4, -0.2) is 12.9 Å². The minimum absolute atomic E-state index is 0.0706. The number of fused-ring (bicyclic) bond motifs is 1. The van der Waals surface area contributed by atoms with Crippen molar-refractivity contribution < 1.29 is 9.53 Å². The van der Waals surface area contributed by atoms with Crippen LogP contribution in [0.2, 0.25) is 0 Å². The zero-order chi connectivity index (χ0) is 17.3. The molecule has 0 aromatic heterocycles. The fourth-order valence-corrected chi connectivity index (χ4v) is 3.17. The Balaban J connectivity index is 2.21. The summed E-state index contributed by atoms with van der Waals surface area (Å²) in [5, 5.41) is 2.08. The number of hydrogen-bond acceptors (Lipinski definition) is 2. The number of methoxy groups -OCH3 is 1. The van der Waals surface area contributed by atoms with E-state index in [0.29, 0.717) is 0 Å². The Morgan fingerprint density at radius 1 is 0.958 bits per heavy atom. The first-order valence-corrected chi connectivity index (χ1v) is 8.24. The molecule has 0 radical (unpaired) electrons. The van der Waals surface area contributed by atoms with Gasteiger partial charge in [-0.2, -0.15) is 0 Å². The molecule has 0 atom stereocenters. The maximum atomic E-state index is 13.3. The van der Waals surface area contributed by atoms with E-state index in [-0.39, 0.29) is 11.7 Å². The van der Waals surface area contributed by atoms with Gasteiger partial charge in [0.1, 0.15) is 5.75 Å². The standard InChI is InChI=1S/C22H22O2/c1-14(2)19-13-21(24-4)15(3)12-20(19)22(23)18-11-7-9-16-8-5-6-10-17(16)18/h5-14H,1-4H3. The van der Waals surface area contributed by atoms with Crippen LogP contribution in [0.5, 0.6) is 5.75 Å². The van der Waals surface area contributed by atoms with E-state index in [1.54, 1.807) is 7.11 Å². The molecular formula is C22H22O2. The van der Waals surface area contributed by atoms with Crippen molar-refractivity contribution in [3.63, 3.8) is 0 Å². The van der Waals surface area contributed by atoms with Gasteiger partial charge in [0.2, 0.25) is 0 Å². The fourth-order valence-electron chi connectivity index (χ4n) is 3.17. The largest absolute Gasteiger partial charge is 0.496 e. The van der Waals surface area contributed by atoms with E-state index < -0.39 is 0 Å². The molecule has 0 fully saturated rings. The number of ketones is 1. The van der Waals surface area contributed by atoms with Gasteiger partial charge in [-0.15, -0.1) is 0 Å². The minimum atomic E-state index is 0.0706. The summed E-state index contributed by atoms with van der Waals surface area (Å²) in [6, 6.07) is 17.9. The van der Waals surface area contributed by atoms with E-state index >= 15 is 0 Å². The van der Waals surface area contributed by atoms with Crippen LogP contribution in [0.25, 0.3) is 10.8 Å². The number of benzene rings is 3. The summed E-state index contributed by atoms with van der Waals surface area (Å²) in [7, 11) is 1.67. The summed E-state index contributed by atoms with van der Waals surface area (Å²) in [4.78, 5) is 13.3. The summed E-state index contributed by atoms with van der Waals surface area (Å²) < 4.78 is 5.44. The summed E-state index contributed by atoms with van der Waals surface area (Å²) in [6.45, 7) is 6.18. The van der Waals surface area contributed by atoms with Gasteiger partial charge in [0.15, 0.2) is 5.78 Å². The second-order valence-electron chi connectivity index (χ2n) is 6.42. The van der Waals surface area contributed by atoms with Gasteiger partial charge in [-0.25, -0.2) is 0 Å². The predicted molar refractivity (Wildman–Crippen MR) is 99.2 cm³/mol. The van der Waals surface area contributed by atoms with Crippen molar-refractivity contribution in [1.82, 2.24) is 0 Å². The van der Waals surface area contributed by atoms with E-state index in [4.69, 9.17) is 4.74 Å². The zero-order valence-corrected chi connectivity index (χ0v) is 14.6. The Kier molecular flexibility index (Phi) is 4.39. The van der Waals surface area contributed by atoms with Crippen LogP contribution >= 0.6 is 0 Å². The maximum Gasteiger partial charge on any atom is 0.193 e. The Morgan fingerprint density at radius 2 is 1.67 bits per heavy atom. The Morgan fingerprint density at radius 3 is 2.38 bits per heavy atom. The smallest absolute Gasteiger partial charge is 0.193 e. The maximum absolute atomic E-state index is 13.3. The second-order valence-corrected chi connectivity index (χ2v) is 6.42. The van der Waals surface area contributed by atoms with E-state index in [0.717, 1.165) is 38.8 Å². The normalized spacial score (nSPS) is 11.0. The van der Waals surface area contributed by atoms with Crippen LogP contribution in [0.15, 0.2) is 54.6 Å². The van der Waals surface area contributed by atoms with Gasteiger partial charge in [0.25, 0.3) is 0 Å². The molecule has 0 unspecified atom stereocenters. The van der Waals surface area contributed by atoms with E-state index in [9.17, 15) is 4.79 Å². The molecule has 0 bridgehead atoms. The van der Waals surface area contributed by atoms with Crippen LogP contribution in [0, 0.1) is 6.92 Å². The Hall–Kier alpha value is -2.61. The van der Waals surface area contributed by atoms with Crippen LogP contribution in [-0.2, 0) is 0 Å². The van der Waals surface area contributed by atoms with Crippen LogP contribution in [0.1, 0.15) is 46.8 Å². The zero-order valence-electron chi connectivity index (χ0n) is 14.6. The summed E-state index contributed by atoms with van der Waals surface area (Å²) in [5.41, 5.74) is 3.51. The molecule has 2 nitrogen and oxygen atoms in total. The number of rotatable bonds is 4. The van der Waals surface area contributed by atoms with Gasteiger partial charge in [0, 0.05) is 11.1 Å². The number of carbonyl (C=O) groups is 1. The van der Waals surface area contributed by atoms with Crippen molar-refractivity contribution in [2.45, 2.75) is 26.7 Å². The van der Waals surface area contributed by atoms with Crippen LogP contribution in [0.4, 0.5) is 0 Å². The lowest BCUT2D eigenvalue weighted by atomic mass is 9.89. The number of ether oxygens (including phenoxy) is 1. The van der Waals surface area contributed by atoms with E-state index in [1.807, 2.05) is 61.5 Å². The molecule has 0 aliphatic heterocycles. The molecule has 0 heterocycles. The summed E-state index contributed by atoms with van der Waals surface area (Å²) in [6.07, 6.45) is 0. The fraction of sp³-hybridized carbons (Fsp3) is 0.227. The predicted octanol–water partition coefficient (Wildman–Crippen LogP) is 5.51. The lowest BCUT2D eigenvalue weighted by Crippen LogP contribution is -2.08. The van der Waals surface area contributed by atoms with Gasteiger partial charge >= 0.3 is 0 Å². The van der Waals surface area contributed by atoms with Crippen LogP contribution in [0.3, 0.4) is 0 Å². The molecule has 0 amide bonds. The molecule has 24 heavy (non-hydrogen) atoms. The first-order chi connectivity index (χ1) is 11.5. The van der Waals surface area contributed by atoms with Crippen molar-refractivity contribution in [3.05, 3.63) is 76.9 Å². The minimum Gasteiger partial charge on any atom is -0.496 e. The SMILES string of the molecule is COc1cc(C(C)C)c(C(=O)c2cccc3ccccc23)cc1C. The van der Waals surface area contributed by atoms with Crippen molar-refractivity contribution in [3.8, 4) is 5.75 Å². The highest BCUT2D eigenvalue weighted by Gasteiger charge is 2.19. The molecular weight excluding hydrogens is 296 g/mol. The van der Waals surface area contributed by atoms with Crippen LogP contribution < -0.4 is 4.74 Å². The number of carbonyl (C=O) groups excluding carboxylic acids is 1. The molecule has 0 saturated heterocycles. The van der Waals surface area contributed by atoms with E-state index in [1.165, 1.54) is 0 Å². The molecule has 3 aromatic carbocycles. The quantitative estimate of drug-likeness (QED) is 0.593. The molecule has 0 saturated carbocycles. The van der Waals surface area contributed by atoms with Crippen molar-refractivity contribution in [2.75, 3.05) is 7.11 Å². The third-order valence-electron chi connectivity index (χ3n) is 4.47. The number of aryl methyl sites for hydroxylation is 1. The van der Waals surface area contributed by atoms with Gasteiger partial charge in [-0.1, -0.05) is 56.3 Å². The molecule has 0 aliphatic rings. The highest BCUT2D eigenvalue weighted by atomic mass is 16.5. The highest BCUT2D eigenvalue weighted by Crippen LogP contribution is 2.31. The lowest BCUT2D eigenvalue weighted by molar-refractivity contribution is 0.103.